The third-order valence-corrected chi connectivity index (χ3v) is 4.53. The highest BCUT2D eigenvalue weighted by Crippen LogP contribution is 2.22. The van der Waals surface area contributed by atoms with Gasteiger partial charge in [0.25, 0.3) is 0 Å². The van der Waals surface area contributed by atoms with Crippen molar-refractivity contribution in [2.75, 3.05) is 26.2 Å². The Kier molecular flexibility index (Phi) is 5.53. The maximum atomic E-state index is 11.5. The van der Waals surface area contributed by atoms with Gasteiger partial charge in [-0.3, -0.25) is 0 Å². The lowest BCUT2D eigenvalue weighted by Crippen LogP contribution is -2.36. The molecular formula is C19H25NO4. The van der Waals surface area contributed by atoms with Crippen LogP contribution in [0.4, 0.5) is 0 Å². The molecule has 0 amide bonds. The van der Waals surface area contributed by atoms with Crippen LogP contribution in [0, 0.1) is 6.92 Å². The standard InChI is InChI=1S/C19H25NO4/c1-14-10-19(22)24-18-11-16(6-7-17(14)18)23-13-15(21)12-20-8-4-2-3-5-9-20/h6-7,10-11,15,21H,2-5,8-9,12-13H2,1H3. The van der Waals surface area contributed by atoms with Crippen molar-refractivity contribution in [3.8, 4) is 5.75 Å². The number of aliphatic hydroxyl groups is 1. The molecule has 0 saturated carbocycles. The minimum Gasteiger partial charge on any atom is -0.491 e. The van der Waals surface area contributed by atoms with E-state index >= 15 is 0 Å². The van der Waals surface area contributed by atoms with Crippen LogP contribution in [-0.2, 0) is 0 Å². The SMILES string of the molecule is Cc1cc(=O)oc2cc(OCC(O)CN3CCCCCC3)ccc12. The van der Waals surface area contributed by atoms with Crippen LogP contribution in [0.1, 0.15) is 31.2 Å². The van der Waals surface area contributed by atoms with Gasteiger partial charge in [-0.1, -0.05) is 12.8 Å². The Morgan fingerprint density at radius 1 is 1.21 bits per heavy atom. The first-order chi connectivity index (χ1) is 11.6. The van der Waals surface area contributed by atoms with Crippen molar-refractivity contribution >= 4 is 11.0 Å². The second kappa shape index (κ2) is 7.81. The summed E-state index contributed by atoms with van der Waals surface area (Å²) in [6.45, 7) is 4.86. The molecule has 1 aliphatic rings. The number of hydrogen-bond donors (Lipinski definition) is 1. The zero-order valence-electron chi connectivity index (χ0n) is 14.2. The molecule has 2 heterocycles. The molecule has 0 bridgehead atoms. The Morgan fingerprint density at radius 2 is 1.96 bits per heavy atom. The third kappa shape index (κ3) is 4.36. The lowest BCUT2D eigenvalue weighted by Gasteiger charge is -2.23. The number of aryl methyl sites for hydroxylation is 1. The van der Waals surface area contributed by atoms with Crippen LogP contribution in [0.5, 0.6) is 5.75 Å². The largest absolute Gasteiger partial charge is 0.491 e. The van der Waals surface area contributed by atoms with E-state index in [2.05, 4.69) is 4.90 Å². The van der Waals surface area contributed by atoms with Crippen LogP contribution in [0.15, 0.2) is 33.5 Å². The molecule has 0 radical (unpaired) electrons. The van der Waals surface area contributed by atoms with Gasteiger partial charge >= 0.3 is 5.63 Å². The van der Waals surface area contributed by atoms with Gasteiger partial charge in [-0.05, 0) is 50.6 Å². The van der Waals surface area contributed by atoms with Gasteiger partial charge in [-0.25, -0.2) is 4.79 Å². The van der Waals surface area contributed by atoms with Gasteiger partial charge in [0.2, 0.25) is 0 Å². The van der Waals surface area contributed by atoms with E-state index in [9.17, 15) is 9.90 Å². The molecule has 1 aliphatic heterocycles. The number of benzene rings is 1. The molecule has 1 aromatic heterocycles. The van der Waals surface area contributed by atoms with Crippen molar-refractivity contribution in [1.29, 1.82) is 0 Å². The van der Waals surface area contributed by atoms with Crippen LogP contribution in [-0.4, -0.2) is 42.4 Å². The summed E-state index contributed by atoms with van der Waals surface area (Å²) in [7, 11) is 0. The normalized spacial score (nSPS) is 17.6. The number of nitrogens with zero attached hydrogens (tertiary/aromatic N) is 1. The smallest absolute Gasteiger partial charge is 0.336 e. The summed E-state index contributed by atoms with van der Waals surface area (Å²) in [6, 6.07) is 6.91. The van der Waals surface area contributed by atoms with Crippen LogP contribution in [0.25, 0.3) is 11.0 Å². The van der Waals surface area contributed by atoms with Gasteiger partial charge < -0.3 is 19.2 Å². The Hall–Kier alpha value is -1.85. The zero-order chi connectivity index (χ0) is 16.9. The highest BCUT2D eigenvalue weighted by molar-refractivity contribution is 5.81. The molecule has 3 rings (SSSR count). The number of aliphatic hydroxyl groups excluding tert-OH is 1. The molecule has 0 aliphatic carbocycles. The molecule has 1 atom stereocenters. The summed E-state index contributed by atoms with van der Waals surface area (Å²) in [5.41, 5.74) is 1.03. The fraction of sp³-hybridized carbons (Fsp3) is 0.526. The van der Waals surface area contributed by atoms with Crippen molar-refractivity contribution in [1.82, 2.24) is 4.90 Å². The minimum absolute atomic E-state index is 0.234. The lowest BCUT2D eigenvalue weighted by molar-refractivity contribution is 0.0694. The van der Waals surface area contributed by atoms with E-state index in [-0.39, 0.29) is 12.2 Å². The van der Waals surface area contributed by atoms with Gasteiger partial charge in [0.15, 0.2) is 0 Å². The minimum atomic E-state index is -0.525. The number of fused-ring (bicyclic) bond motifs is 1. The Morgan fingerprint density at radius 3 is 2.71 bits per heavy atom. The van der Waals surface area contributed by atoms with E-state index in [4.69, 9.17) is 9.15 Å². The second-order valence-electron chi connectivity index (χ2n) is 6.59. The molecule has 1 fully saturated rings. The average Bonchev–Trinajstić information content (AvgIpc) is 2.81. The molecular weight excluding hydrogens is 306 g/mol. The fourth-order valence-electron chi connectivity index (χ4n) is 3.26. The predicted molar refractivity (Wildman–Crippen MR) is 93.6 cm³/mol. The number of hydrogen-bond acceptors (Lipinski definition) is 5. The predicted octanol–water partition coefficient (Wildman–Crippen LogP) is 2.72. The van der Waals surface area contributed by atoms with E-state index in [0.29, 0.717) is 17.9 Å². The highest BCUT2D eigenvalue weighted by Gasteiger charge is 2.14. The molecule has 1 saturated heterocycles. The summed E-state index contributed by atoms with van der Waals surface area (Å²) in [5.74, 6) is 0.603. The summed E-state index contributed by atoms with van der Waals surface area (Å²) in [6.07, 6.45) is 4.45. The zero-order valence-corrected chi connectivity index (χ0v) is 14.2. The molecule has 5 heteroatoms. The first-order valence-electron chi connectivity index (χ1n) is 8.69. The van der Waals surface area contributed by atoms with E-state index < -0.39 is 6.10 Å². The third-order valence-electron chi connectivity index (χ3n) is 4.53. The Bertz CT molecular complexity index is 732. The lowest BCUT2D eigenvalue weighted by atomic mass is 10.1. The van der Waals surface area contributed by atoms with E-state index in [0.717, 1.165) is 24.0 Å². The van der Waals surface area contributed by atoms with Crippen molar-refractivity contribution < 1.29 is 14.3 Å². The summed E-state index contributed by atoms with van der Waals surface area (Å²) in [4.78, 5) is 13.8. The second-order valence-corrected chi connectivity index (χ2v) is 6.59. The molecule has 5 nitrogen and oxygen atoms in total. The quantitative estimate of drug-likeness (QED) is 0.854. The van der Waals surface area contributed by atoms with Gasteiger partial charge in [0, 0.05) is 24.1 Å². The van der Waals surface area contributed by atoms with Gasteiger partial charge in [-0.2, -0.15) is 0 Å². The Balaban J connectivity index is 1.59. The first kappa shape index (κ1) is 17.0. The molecule has 24 heavy (non-hydrogen) atoms. The van der Waals surface area contributed by atoms with E-state index in [1.165, 1.54) is 31.7 Å². The maximum absolute atomic E-state index is 11.5. The molecule has 1 aromatic carbocycles. The van der Waals surface area contributed by atoms with Crippen molar-refractivity contribution in [3.63, 3.8) is 0 Å². The van der Waals surface area contributed by atoms with Crippen molar-refractivity contribution in [2.24, 2.45) is 0 Å². The first-order valence-corrected chi connectivity index (χ1v) is 8.69. The number of likely N-dealkylation sites (tertiary alicyclic amines) is 1. The molecule has 1 N–H and O–H groups in total. The maximum Gasteiger partial charge on any atom is 0.336 e. The van der Waals surface area contributed by atoms with Crippen molar-refractivity contribution in [3.05, 3.63) is 40.2 Å². The monoisotopic (exact) mass is 331 g/mol. The van der Waals surface area contributed by atoms with Crippen molar-refractivity contribution in [2.45, 2.75) is 38.7 Å². The van der Waals surface area contributed by atoms with Crippen LogP contribution < -0.4 is 10.4 Å². The fourth-order valence-corrected chi connectivity index (χ4v) is 3.26. The van der Waals surface area contributed by atoms with Crippen LogP contribution in [0.2, 0.25) is 0 Å². The van der Waals surface area contributed by atoms with E-state index in [1.54, 1.807) is 6.07 Å². The van der Waals surface area contributed by atoms with Gasteiger partial charge in [0.05, 0.1) is 0 Å². The molecule has 2 aromatic rings. The summed E-state index contributed by atoms with van der Waals surface area (Å²) < 4.78 is 10.9. The molecule has 0 spiro atoms. The van der Waals surface area contributed by atoms with Crippen LogP contribution >= 0.6 is 0 Å². The number of β-amino-alcohol motifs (C(OH)–C–C–N with tert-alkyl or cyclic N) is 1. The summed E-state index contributed by atoms with van der Waals surface area (Å²) >= 11 is 0. The van der Waals surface area contributed by atoms with E-state index in [1.807, 2.05) is 19.1 Å². The Labute approximate surface area is 141 Å². The number of ether oxygens (including phenoxy) is 1. The topological polar surface area (TPSA) is 62.9 Å². The summed E-state index contributed by atoms with van der Waals surface area (Å²) in [5, 5.41) is 11.1. The van der Waals surface area contributed by atoms with Gasteiger partial charge in [0.1, 0.15) is 24.0 Å². The molecule has 1 unspecified atom stereocenters. The molecule has 130 valence electrons. The average molecular weight is 331 g/mol. The number of rotatable bonds is 5. The van der Waals surface area contributed by atoms with Gasteiger partial charge in [-0.15, -0.1) is 0 Å². The van der Waals surface area contributed by atoms with Crippen LogP contribution in [0.3, 0.4) is 0 Å². The highest BCUT2D eigenvalue weighted by atomic mass is 16.5.